The largest absolute Gasteiger partial charge is 0.375 e. The van der Waals surface area contributed by atoms with E-state index in [1.165, 1.54) is 44.1 Å². The number of hydrogen-bond donors (Lipinski definition) is 0. The molecule has 1 aliphatic heterocycles. The van der Waals surface area contributed by atoms with Gasteiger partial charge in [0.2, 0.25) is 0 Å². The molecule has 0 aromatic heterocycles. The summed E-state index contributed by atoms with van der Waals surface area (Å²) in [6, 6.07) is 0. The maximum absolute atomic E-state index is 6.43. The van der Waals surface area contributed by atoms with Crippen molar-refractivity contribution in [2.75, 3.05) is 0 Å². The zero-order valence-electron chi connectivity index (χ0n) is 12.9. The third-order valence-electron chi connectivity index (χ3n) is 6.39. The van der Waals surface area contributed by atoms with Gasteiger partial charge in [0.25, 0.3) is 0 Å². The molecule has 0 amide bonds. The van der Waals surface area contributed by atoms with E-state index in [2.05, 4.69) is 27.4 Å². The maximum Gasteiger partial charge on any atom is 0.0587 e. The van der Waals surface area contributed by atoms with Crippen LogP contribution in [0.4, 0.5) is 0 Å². The molecule has 7 atom stereocenters. The summed E-state index contributed by atoms with van der Waals surface area (Å²) in [6.45, 7) is 11.2. The van der Waals surface area contributed by atoms with E-state index in [0.717, 1.165) is 23.7 Å². The molecule has 0 spiro atoms. The van der Waals surface area contributed by atoms with E-state index in [1.807, 2.05) is 0 Å². The number of fused-ring (bicyclic) bond motifs is 3. The van der Waals surface area contributed by atoms with Gasteiger partial charge in [-0.25, -0.2) is 0 Å². The molecule has 19 heavy (non-hydrogen) atoms. The Morgan fingerprint density at radius 3 is 2.26 bits per heavy atom. The van der Waals surface area contributed by atoms with E-state index < -0.39 is 0 Å². The van der Waals surface area contributed by atoms with E-state index >= 15 is 0 Å². The molecule has 0 N–H and O–H groups in total. The average Bonchev–Trinajstić information content (AvgIpc) is 2.83. The van der Waals surface area contributed by atoms with Gasteiger partial charge in [-0.3, -0.25) is 0 Å². The highest BCUT2D eigenvalue weighted by atomic mass is 16.5. The predicted octanol–water partition coefficient (Wildman–Crippen LogP) is 4.82. The first-order valence-electron chi connectivity index (χ1n) is 8.40. The minimum absolute atomic E-state index is 0.424. The van der Waals surface area contributed by atoms with Crippen molar-refractivity contribution in [3.05, 3.63) is 12.2 Å². The lowest BCUT2D eigenvalue weighted by atomic mass is 9.62. The van der Waals surface area contributed by atoms with E-state index in [1.54, 1.807) is 0 Å². The van der Waals surface area contributed by atoms with Crippen molar-refractivity contribution in [1.29, 1.82) is 0 Å². The van der Waals surface area contributed by atoms with Crippen molar-refractivity contribution in [1.82, 2.24) is 0 Å². The summed E-state index contributed by atoms with van der Waals surface area (Å²) >= 11 is 0. The normalized spacial score (nSPS) is 50.2. The van der Waals surface area contributed by atoms with Gasteiger partial charge in [0, 0.05) is 0 Å². The van der Waals surface area contributed by atoms with Crippen LogP contribution in [0.5, 0.6) is 0 Å². The van der Waals surface area contributed by atoms with Crippen LogP contribution >= 0.6 is 0 Å². The van der Waals surface area contributed by atoms with E-state index in [4.69, 9.17) is 4.74 Å². The second kappa shape index (κ2) is 5.24. The minimum atomic E-state index is 0.424. The van der Waals surface area contributed by atoms with Gasteiger partial charge in [-0.05, 0) is 76.0 Å². The monoisotopic (exact) mass is 262 g/mol. The Morgan fingerprint density at radius 1 is 0.895 bits per heavy atom. The molecular weight excluding hydrogens is 232 g/mol. The van der Waals surface area contributed by atoms with Crippen LogP contribution in [0.3, 0.4) is 0 Å². The number of ether oxygens (including phenoxy) is 1. The van der Waals surface area contributed by atoms with E-state index in [-0.39, 0.29) is 0 Å². The fourth-order valence-electron chi connectivity index (χ4n) is 5.67. The molecular formula is C18H30O. The molecule has 1 heteroatoms. The Labute approximate surface area is 118 Å². The zero-order chi connectivity index (χ0) is 13.6. The van der Waals surface area contributed by atoms with Crippen molar-refractivity contribution in [2.45, 2.75) is 71.5 Å². The molecule has 2 aliphatic carbocycles. The van der Waals surface area contributed by atoms with Gasteiger partial charge in [0.05, 0.1) is 12.2 Å². The van der Waals surface area contributed by atoms with Crippen LogP contribution in [-0.2, 0) is 4.74 Å². The summed E-state index contributed by atoms with van der Waals surface area (Å²) in [5, 5.41) is 0. The summed E-state index contributed by atoms with van der Waals surface area (Å²) < 4.78 is 6.43. The highest BCUT2D eigenvalue weighted by Gasteiger charge is 2.49. The topological polar surface area (TPSA) is 9.23 Å². The first-order chi connectivity index (χ1) is 9.09. The van der Waals surface area contributed by atoms with Crippen LogP contribution in [0.25, 0.3) is 0 Å². The van der Waals surface area contributed by atoms with Crippen molar-refractivity contribution >= 4 is 0 Å². The average molecular weight is 262 g/mol. The molecule has 0 aromatic rings. The first-order valence-corrected chi connectivity index (χ1v) is 8.40. The summed E-state index contributed by atoms with van der Waals surface area (Å²) in [5.74, 6) is 4.12. The van der Waals surface area contributed by atoms with Gasteiger partial charge in [0.15, 0.2) is 0 Å². The van der Waals surface area contributed by atoms with Crippen LogP contribution in [0.15, 0.2) is 12.2 Å². The Bertz CT molecular complexity index is 348. The summed E-state index contributed by atoms with van der Waals surface area (Å²) in [5.41, 5.74) is 1.40. The SMILES string of the molecule is C=C(C)C1CCCC2C3CCCC3C(C)OC(C)C12. The van der Waals surface area contributed by atoms with Crippen LogP contribution < -0.4 is 0 Å². The van der Waals surface area contributed by atoms with Crippen molar-refractivity contribution in [3.8, 4) is 0 Å². The fraction of sp³-hybridized carbons (Fsp3) is 0.889. The molecule has 0 bridgehead atoms. The molecule has 0 aromatic carbocycles. The van der Waals surface area contributed by atoms with Gasteiger partial charge >= 0.3 is 0 Å². The summed E-state index contributed by atoms with van der Waals surface area (Å²) in [6.07, 6.45) is 9.37. The standard InChI is InChI=1S/C18H30O/c1-11(2)14-7-5-10-17-16-9-6-8-15(16)12(3)19-13(4)18(14)17/h12-18H,1,5-10H2,2-4H3. The second-order valence-corrected chi connectivity index (χ2v) is 7.43. The van der Waals surface area contributed by atoms with Crippen molar-refractivity contribution in [2.24, 2.45) is 29.6 Å². The quantitative estimate of drug-likeness (QED) is 0.616. The molecule has 3 fully saturated rings. The number of hydrogen-bond acceptors (Lipinski definition) is 1. The lowest BCUT2D eigenvalue weighted by Crippen LogP contribution is -2.39. The van der Waals surface area contributed by atoms with Crippen LogP contribution in [0.1, 0.15) is 59.3 Å². The highest BCUT2D eigenvalue weighted by molar-refractivity contribution is 5.07. The molecule has 108 valence electrons. The van der Waals surface area contributed by atoms with E-state index in [0.29, 0.717) is 18.1 Å². The third kappa shape index (κ3) is 2.28. The highest BCUT2D eigenvalue weighted by Crippen LogP contribution is 2.53. The van der Waals surface area contributed by atoms with Gasteiger partial charge in [-0.15, -0.1) is 0 Å². The predicted molar refractivity (Wildman–Crippen MR) is 80.0 cm³/mol. The van der Waals surface area contributed by atoms with Crippen LogP contribution in [-0.4, -0.2) is 12.2 Å². The van der Waals surface area contributed by atoms with Crippen molar-refractivity contribution in [3.63, 3.8) is 0 Å². The molecule has 3 rings (SSSR count). The lowest BCUT2D eigenvalue weighted by Gasteiger charge is -2.43. The van der Waals surface area contributed by atoms with Gasteiger partial charge in [-0.2, -0.15) is 0 Å². The van der Waals surface area contributed by atoms with Gasteiger partial charge < -0.3 is 4.74 Å². The Morgan fingerprint density at radius 2 is 1.53 bits per heavy atom. The Kier molecular flexibility index (Phi) is 3.77. The molecule has 3 aliphatic rings. The summed E-state index contributed by atoms with van der Waals surface area (Å²) in [4.78, 5) is 0. The van der Waals surface area contributed by atoms with Gasteiger partial charge in [-0.1, -0.05) is 25.0 Å². The first kappa shape index (κ1) is 13.7. The van der Waals surface area contributed by atoms with E-state index in [9.17, 15) is 0 Å². The Hall–Kier alpha value is -0.300. The number of allylic oxidation sites excluding steroid dienone is 1. The molecule has 0 radical (unpaired) electrons. The lowest BCUT2D eigenvalue weighted by molar-refractivity contribution is -0.0507. The smallest absolute Gasteiger partial charge is 0.0587 e. The van der Waals surface area contributed by atoms with Gasteiger partial charge in [0.1, 0.15) is 0 Å². The minimum Gasteiger partial charge on any atom is -0.375 e. The zero-order valence-corrected chi connectivity index (χ0v) is 12.9. The molecule has 1 nitrogen and oxygen atoms in total. The number of rotatable bonds is 1. The maximum atomic E-state index is 6.43. The van der Waals surface area contributed by atoms with Crippen molar-refractivity contribution < 1.29 is 4.74 Å². The Balaban J connectivity index is 1.92. The van der Waals surface area contributed by atoms with Crippen LogP contribution in [0, 0.1) is 29.6 Å². The molecule has 7 unspecified atom stereocenters. The third-order valence-corrected chi connectivity index (χ3v) is 6.39. The van der Waals surface area contributed by atoms with Crippen LogP contribution in [0.2, 0.25) is 0 Å². The second-order valence-electron chi connectivity index (χ2n) is 7.43. The summed E-state index contributed by atoms with van der Waals surface area (Å²) in [7, 11) is 0. The molecule has 2 saturated carbocycles. The molecule has 1 saturated heterocycles. The fourth-order valence-corrected chi connectivity index (χ4v) is 5.67. The molecule has 1 heterocycles.